The molecule has 2 unspecified atom stereocenters. The van der Waals surface area contributed by atoms with Crippen LogP contribution in [0, 0.1) is 0 Å². The van der Waals surface area contributed by atoms with Crippen molar-refractivity contribution in [1.29, 1.82) is 0 Å². The molecule has 0 aliphatic carbocycles. The highest BCUT2D eigenvalue weighted by Crippen LogP contribution is 2.28. The van der Waals surface area contributed by atoms with Crippen LogP contribution in [0.2, 0.25) is 0 Å². The van der Waals surface area contributed by atoms with Crippen LogP contribution in [0.5, 0.6) is 0 Å². The largest absolute Gasteiger partial charge is 0.308 e. The van der Waals surface area contributed by atoms with Crippen LogP contribution in [-0.4, -0.2) is 55.0 Å². The van der Waals surface area contributed by atoms with Crippen molar-refractivity contribution in [2.24, 2.45) is 0 Å². The van der Waals surface area contributed by atoms with E-state index in [1.807, 2.05) is 0 Å². The molecule has 5 heteroatoms. The molecule has 20 heavy (non-hydrogen) atoms. The number of nitrogens with zero attached hydrogens (tertiary/aromatic N) is 1. The summed E-state index contributed by atoms with van der Waals surface area (Å²) in [5.41, 5.74) is 0.150. The molecular formula is C15H32N2O2S. The first-order valence-electron chi connectivity index (χ1n) is 7.80. The number of hydrogen-bond acceptors (Lipinski definition) is 4. The van der Waals surface area contributed by atoms with Gasteiger partial charge in [0.2, 0.25) is 0 Å². The van der Waals surface area contributed by atoms with Gasteiger partial charge in [0.15, 0.2) is 9.84 Å². The van der Waals surface area contributed by atoms with Gasteiger partial charge in [0.1, 0.15) is 0 Å². The van der Waals surface area contributed by atoms with Crippen LogP contribution in [-0.2, 0) is 9.84 Å². The standard InChI is InChI=1S/C15H32N2O2S/c1-7-14(5)12-17(15(6,8-2)11-16-14)9-10-20(18,19)13(3)4/h13,16H,7-12H2,1-6H3. The Morgan fingerprint density at radius 1 is 1.20 bits per heavy atom. The molecule has 0 aromatic carbocycles. The van der Waals surface area contributed by atoms with E-state index in [4.69, 9.17) is 0 Å². The Hall–Kier alpha value is -0.130. The quantitative estimate of drug-likeness (QED) is 0.816. The van der Waals surface area contributed by atoms with Crippen molar-refractivity contribution in [3.05, 3.63) is 0 Å². The van der Waals surface area contributed by atoms with Gasteiger partial charge in [0, 0.05) is 30.7 Å². The van der Waals surface area contributed by atoms with Gasteiger partial charge in [-0.2, -0.15) is 0 Å². The van der Waals surface area contributed by atoms with Crippen LogP contribution in [0.25, 0.3) is 0 Å². The summed E-state index contributed by atoms with van der Waals surface area (Å²) in [4.78, 5) is 2.38. The molecule has 1 heterocycles. The number of hydrogen-bond donors (Lipinski definition) is 1. The monoisotopic (exact) mass is 304 g/mol. The maximum absolute atomic E-state index is 12.1. The van der Waals surface area contributed by atoms with Crippen molar-refractivity contribution in [3.63, 3.8) is 0 Å². The van der Waals surface area contributed by atoms with Crippen LogP contribution in [0.1, 0.15) is 54.4 Å². The summed E-state index contributed by atoms with van der Waals surface area (Å²) in [7, 11) is -2.96. The molecule has 1 aliphatic heterocycles. The highest BCUT2D eigenvalue weighted by molar-refractivity contribution is 7.92. The Bertz CT molecular complexity index is 422. The fourth-order valence-electron chi connectivity index (χ4n) is 2.59. The lowest BCUT2D eigenvalue weighted by Gasteiger charge is -2.52. The summed E-state index contributed by atoms with van der Waals surface area (Å²) in [6.45, 7) is 14.8. The van der Waals surface area contributed by atoms with Crippen LogP contribution < -0.4 is 5.32 Å². The summed E-state index contributed by atoms with van der Waals surface area (Å²) < 4.78 is 24.1. The van der Waals surface area contributed by atoms with Crippen LogP contribution in [0.15, 0.2) is 0 Å². The lowest BCUT2D eigenvalue weighted by atomic mass is 9.86. The number of sulfone groups is 1. The van der Waals surface area contributed by atoms with Gasteiger partial charge in [-0.05, 0) is 40.5 Å². The molecule has 2 atom stereocenters. The molecule has 0 bridgehead atoms. The number of piperazine rings is 1. The fraction of sp³-hybridized carbons (Fsp3) is 1.00. The first-order valence-corrected chi connectivity index (χ1v) is 9.52. The third-order valence-corrected chi connectivity index (χ3v) is 7.29. The van der Waals surface area contributed by atoms with Gasteiger partial charge in [0.05, 0.1) is 11.0 Å². The maximum atomic E-state index is 12.1. The molecule has 0 spiro atoms. The SMILES string of the molecule is CCC1(C)CN(CCS(=O)(=O)C(C)C)C(C)(CC)CN1. The van der Waals surface area contributed by atoms with E-state index in [1.165, 1.54) is 0 Å². The fourth-order valence-corrected chi connectivity index (χ4v) is 3.54. The zero-order valence-electron chi connectivity index (χ0n) is 14.0. The molecule has 4 nitrogen and oxygen atoms in total. The molecule has 0 amide bonds. The second-order valence-corrected chi connectivity index (χ2v) is 9.63. The van der Waals surface area contributed by atoms with Crippen LogP contribution in [0.4, 0.5) is 0 Å². The number of rotatable bonds is 6. The second-order valence-electron chi connectivity index (χ2n) is 6.96. The van der Waals surface area contributed by atoms with Crippen LogP contribution >= 0.6 is 0 Å². The highest BCUT2D eigenvalue weighted by atomic mass is 32.2. The van der Waals surface area contributed by atoms with Crippen molar-refractivity contribution in [3.8, 4) is 0 Å². The van der Waals surface area contributed by atoms with Gasteiger partial charge in [-0.1, -0.05) is 13.8 Å². The van der Waals surface area contributed by atoms with E-state index in [0.29, 0.717) is 6.54 Å². The summed E-state index contributed by atoms with van der Waals surface area (Å²) in [6.07, 6.45) is 2.09. The predicted octanol–water partition coefficient (Wildman–Crippen LogP) is 2.05. The Balaban J connectivity index is 2.81. The molecule has 1 aliphatic rings. The molecule has 0 aromatic heterocycles. The second kappa shape index (κ2) is 6.32. The van der Waals surface area contributed by atoms with E-state index in [0.717, 1.165) is 25.9 Å². The van der Waals surface area contributed by atoms with Crippen molar-refractivity contribution < 1.29 is 8.42 Å². The molecule has 1 rings (SSSR count). The summed E-state index contributed by atoms with van der Waals surface area (Å²) >= 11 is 0. The van der Waals surface area contributed by atoms with E-state index >= 15 is 0 Å². The third-order valence-electron chi connectivity index (χ3n) is 5.11. The minimum absolute atomic E-state index is 0.0567. The molecule has 0 aromatic rings. The zero-order valence-corrected chi connectivity index (χ0v) is 14.8. The topological polar surface area (TPSA) is 49.4 Å². The van der Waals surface area contributed by atoms with Crippen LogP contribution in [0.3, 0.4) is 0 Å². The molecule has 1 N–H and O–H groups in total. The molecule has 1 saturated heterocycles. The normalized spacial score (nSPS) is 32.8. The summed E-state index contributed by atoms with van der Waals surface area (Å²) in [5.74, 6) is 0.264. The molecule has 1 fully saturated rings. The zero-order chi connectivity index (χ0) is 15.6. The first kappa shape index (κ1) is 17.9. The van der Waals surface area contributed by atoms with Gasteiger partial charge >= 0.3 is 0 Å². The van der Waals surface area contributed by atoms with Gasteiger partial charge < -0.3 is 5.32 Å². The van der Waals surface area contributed by atoms with Crippen molar-refractivity contribution in [1.82, 2.24) is 10.2 Å². The Kier molecular flexibility index (Phi) is 5.67. The number of nitrogens with one attached hydrogen (secondary N) is 1. The molecule has 120 valence electrons. The van der Waals surface area contributed by atoms with E-state index in [2.05, 4.69) is 37.9 Å². The predicted molar refractivity (Wildman–Crippen MR) is 85.9 cm³/mol. The van der Waals surface area contributed by atoms with Gasteiger partial charge in [-0.25, -0.2) is 8.42 Å². The van der Waals surface area contributed by atoms with E-state index in [-0.39, 0.29) is 22.1 Å². The average molecular weight is 305 g/mol. The lowest BCUT2D eigenvalue weighted by molar-refractivity contribution is 0.0221. The summed E-state index contributed by atoms with van der Waals surface area (Å²) in [6, 6.07) is 0. The van der Waals surface area contributed by atoms with Crippen molar-refractivity contribution >= 4 is 9.84 Å². The average Bonchev–Trinajstić information content (AvgIpc) is 2.40. The Morgan fingerprint density at radius 2 is 1.80 bits per heavy atom. The summed E-state index contributed by atoms with van der Waals surface area (Å²) in [5, 5.41) is 3.36. The maximum Gasteiger partial charge on any atom is 0.153 e. The third kappa shape index (κ3) is 3.95. The van der Waals surface area contributed by atoms with Gasteiger partial charge in [0.25, 0.3) is 0 Å². The molecular weight excluding hydrogens is 272 g/mol. The van der Waals surface area contributed by atoms with E-state index < -0.39 is 9.84 Å². The van der Waals surface area contributed by atoms with Gasteiger partial charge in [-0.15, -0.1) is 0 Å². The van der Waals surface area contributed by atoms with Gasteiger partial charge in [-0.3, -0.25) is 4.90 Å². The smallest absolute Gasteiger partial charge is 0.153 e. The Morgan fingerprint density at radius 3 is 2.25 bits per heavy atom. The molecule has 0 saturated carbocycles. The minimum atomic E-state index is -2.96. The first-order chi connectivity index (χ1) is 9.08. The van der Waals surface area contributed by atoms with E-state index in [1.54, 1.807) is 13.8 Å². The molecule has 0 radical (unpaired) electrons. The van der Waals surface area contributed by atoms with E-state index in [9.17, 15) is 8.42 Å². The Labute approximate surface area is 125 Å². The highest BCUT2D eigenvalue weighted by Gasteiger charge is 2.41. The van der Waals surface area contributed by atoms with Crippen molar-refractivity contribution in [2.75, 3.05) is 25.4 Å². The lowest BCUT2D eigenvalue weighted by Crippen LogP contribution is -2.68. The van der Waals surface area contributed by atoms with Crippen molar-refractivity contribution in [2.45, 2.75) is 70.7 Å². The minimum Gasteiger partial charge on any atom is -0.308 e.